The number of carbonyl (C=O) groups is 2. The monoisotopic (exact) mass is 369 g/mol. The van der Waals surface area contributed by atoms with Crippen LogP contribution in [0.5, 0.6) is 0 Å². The number of benzene rings is 2. The van der Waals surface area contributed by atoms with E-state index in [1.165, 1.54) is 0 Å². The molecule has 1 aliphatic rings. The zero-order chi connectivity index (χ0) is 17.2. The quantitative estimate of drug-likeness (QED) is 0.774. The molecule has 3 rings (SSSR count). The Morgan fingerprint density at radius 3 is 2.60 bits per heavy atom. The molecule has 5 nitrogen and oxygen atoms in total. The first-order chi connectivity index (χ1) is 11.4. The molecule has 1 fully saturated rings. The van der Waals surface area contributed by atoms with Gasteiger partial charge in [-0.15, -0.1) is 12.4 Å². The van der Waals surface area contributed by atoms with Gasteiger partial charge in [0, 0.05) is 17.5 Å². The summed E-state index contributed by atoms with van der Waals surface area (Å²) in [5.41, 5.74) is 0.637. The third kappa shape index (κ3) is 4.64. The molecule has 3 N–H and O–H groups in total. The van der Waals surface area contributed by atoms with Gasteiger partial charge in [-0.05, 0) is 11.5 Å². The molecule has 1 saturated heterocycles. The van der Waals surface area contributed by atoms with Crippen molar-refractivity contribution in [3.63, 3.8) is 0 Å². The summed E-state index contributed by atoms with van der Waals surface area (Å²) in [5.74, 6) is -3.89. The maximum Gasteiger partial charge on any atom is 0.262 e. The fourth-order valence-electron chi connectivity index (χ4n) is 2.72. The number of alkyl halides is 2. The van der Waals surface area contributed by atoms with Crippen molar-refractivity contribution in [3.8, 4) is 0 Å². The molecule has 25 heavy (non-hydrogen) atoms. The molecule has 1 atom stereocenters. The lowest BCUT2D eigenvalue weighted by molar-refractivity contribution is -0.125. The Morgan fingerprint density at radius 1 is 1.16 bits per heavy atom. The number of carbonyl (C=O) groups excluding carboxylic acids is 2. The number of hydrogen-bond acceptors (Lipinski definition) is 3. The first kappa shape index (κ1) is 19.1. The molecule has 0 spiro atoms. The standard InChI is InChI=1S/C17H17F2N3O2.ClH/c18-17(19)8-14(21-10-17)16(24)20-9-15(23)22-13-7-3-5-11-4-1-2-6-12(11)13;/h1-7,14,21H,8-10H2,(H,20,24)(H,22,23);1H. The molecule has 2 amide bonds. The Balaban J connectivity index is 0.00000225. The van der Waals surface area contributed by atoms with E-state index in [-0.39, 0.29) is 19.0 Å². The molecule has 2 aromatic rings. The maximum absolute atomic E-state index is 13.1. The van der Waals surface area contributed by atoms with Crippen LogP contribution >= 0.6 is 12.4 Å². The average Bonchev–Trinajstić information content (AvgIpc) is 2.93. The minimum atomic E-state index is -2.88. The number of halogens is 3. The number of fused-ring (bicyclic) bond motifs is 1. The Bertz CT molecular complexity index is 780. The summed E-state index contributed by atoms with van der Waals surface area (Å²) in [4.78, 5) is 23.8. The number of amides is 2. The molecular formula is C17H18ClF2N3O2. The van der Waals surface area contributed by atoms with Gasteiger partial charge in [-0.1, -0.05) is 36.4 Å². The number of rotatable bonds is 4. The van der Waals surface area contributed by atoms with Gasteiger partial charge in [-0.3, -0.25) is 14.9 Å². The van der Waals surface area contributed by atoms with Gasteiger partial charge in [0.25, 0.3) is 5.92 Å². The Morgan fingerprint density at radius 2 is 1.88 bits per heavy atom. The van der Waals surface area contributed by atoms with Crippen molar-refractivity contribution >= 4 is 40.7 Å². The highest BCUT2D eigenvalue weighted by atomic mass is 35.5. The van der Waals surface area contributed by atoms with Crippen LogP contribution in [-0.4, -0.2) is 36.9 Å². The van der Waals surface area contributed by atoms with Crippen LogP contribution < -0.4 is 16.0 Å². The smallest absolute Gasteiger partial charge is 0.262 e. The summed E-state index contributed by atoms with van der Waals surface area (Å²) in [6, 6.07) is 12.1. The largest absolute Gasteiger partial charge is 0.346 e. The summed E-state index contributed by atoms with van der Waals surface area (Å²) >= 11 is 0. The summed E-state index contributed by atoms with van der Waals surface area (Å²) in [6.07, 6.45) is -0.552. The summed E-state index contributed by atoms with van der Waals surface area (Å²) < 4.78 is 26.1. The molecule has 134 valence electrons. The van der Waals surface area contributed by atoms with Crippen molar-refractivity contribution in [2.24, 2.45) is 0 Å². The SMILES string of the molecule is Cl.O=C(CNC(=O)C1CC(F)(F)CN1)Nc1cccc2ccccc12. The zero-order valence-corrected chi connectivity index (χ0v) is 14.0. The minimum absolute atomic E-state index is 0. The lowest BCUT2D eigenvalue weighted by Crippen LogP contribution is -2.43. The van der Waals surface area contributed by atoms with E-state index in [0.29, 0.717) is 5.69 Å². The van der Waals surface area contributed by atoms with Gasteiger partial charge < -0.3 is 10.6 Å². The Kier molecular flexibility index (Phi) is 5.92. The fourth-order valence-corrected chi connectivity index (χ4v) is 2.72. The normalized spacial score (nSPS) is 18.4. The molecule has 0 saturated carbocycles. The molecule has 1 aliphatic heterocycles. The van der Waals surface area contributed by atoms with Crippen LogP contribution in [0.15, 0.2) is 42.5 Å². The van der Waals surface area contributed by atoms with E-state index in [4.69, 9.17) is 0 Å². The van der Waals surface area contributed by atoms with E-state index >= 15 is 0 Å². The van der Waals surface area contributed by atoms with Crippen molar-refractivity contribution in [1.29, 1.82) is 0 Å². The molecule has 0 bridgehead atoms. The van der Waals surface area contributed by atoms with Gasteiger partial charge in [0.15, 0.2) is 0 Å². The lowest BCUT2D eigenvalue weighted by atomic mass is 10.1. The molecule has 1 heterocycles. The zero-order valence-electron chi connectivity index (χ0n) is 13.2. The molecular weight excluding hydrogens is 352 g/mol. The van der Waals surface area contributed by atoms with E-state index < -0.39 is 36.7 Å². The predicted molar refractivity (Wildman–Crippen MR) is 94.2 cm³/mol. The summed E-state index contributed by atoms with van der Waals surface area (Å²) in [6.45, 7) is -0.793. The Hall–Kier alpha value is -2.25. The molecule has 1 unspecified atom stereocenters. The van der Waals surface area contributed by atoms with Gasteiger partial charge in [0.2, 0.25) is 11.8 Å². The van der Waals surface area contributed by atoms with Crippen molar-refractivity contribution in [1.82, 2.24) is 10.6 Å². The van der Waals surface area contributed by atoms with Crippen molar-refractivity contribution in [2.75, 3.05) is 18.4 Å². The summed E-state index contributed by atoms with van der Waals surface area (Å²) in [7, 11) is 0. The predicted octanol–water partition coefficient (Wildman–Crippen LogP) is 2.31. The van der Waals surface area contributed by atoms with E-state index in [9.17, 15) is 18.4 Å². The molecule has 2 aromatic carbocycles. The highest BCUT2D eigenvalue weighted by Gasteiger charge is 2.42. The number of anilines is 1. The minimum Gasteiger partial charge on any atom is -0.346 e. The second kappa shape index (κ2) is 7.76. The second-order valence-electron chi connectivity index (χ2n) is 5.79. The highest BCUT2D eigenvalue weighted by molar-refractivity contribution is 6.03. The van der Waals surface area contributed by atoms with E-state index in [0.717, 1.165) is 10.8 Å². The Labute approximate surface area is 149 Å². The topological polar surface area (TPSA) is 70.2 Å². The van der Waals surface area contributed by atoms with Crippen molar-refractivity contribution < 1.29 is 18.4 Å². The van der Waals surface area contributed by atoms with Crippen LogP contribution in [0.3, 0.4) is 0 Å². The van der Waals surface area contributed by atoms with Crippen molar-refractivity contribution in [2.45, 2.75) is 18.4 Å². The maximum atomic E-state index is 13.1. The van der Waals surface area contributed by atoms with Gasteiger partial charge in [-0.2, -0.15) is 0 Å². The van der Waals surface area contributed by atoms with Gasteiger partial charge in [0.05, 0.1) is 19.1 Å². The second-order valence-corrected chi connectivity index (χ2v) is 5.79. The van der Waals surface area contributed by atoms with Gasteiger partial charge >= 0.3 is 0 Å². The van der Waals surface area contributed by atoms with E-state index in [1.54, 1.807) is 6.07 Å². The third-order valence-corrected chi connectivity index (χ3v) is 3.91. The molecule has 0 radical (unpaired) electrons. The van der Waals surface area contributed by atoms with Crippen LogP contribution in [0.2, 0.25) is 0 Å². The molecule has 0 aromatic heterocycles. The van der Waals surface area contributed by atoms with Crippen LogP contribution in [0.1, 0.15) is 6.42 Å². The third-order valence-electron chi connectivity index (χ3n) is 3.91. The highest BCUT2D eigenvalue weighted by Crippen LogP contribution is 2.25. The number of nitrogens with one attached hydrogen (secondary N) is 3. The molecule has 8 heteroatoms. The van der Waals surface area contributed by atoms with Gasteiger partial charge in [0.1, 0.15) is 0 Å². The van der Waals surface area contributed by atoms with Crippen LogP contribution in [0.25, 0.3) is 10.8 Å². The van der Waals surface area contributed by atoms with E-state index in [1.807, 2.05) is 36.4 Å². The first-order valence-corrected chi connectivity index (χ1v) is 7.61. The summed E-state index contributed by atoms with van der Waals surface area (Å²) in [5, 5.41) is 9.43. The average molecular weight is 370 g/mol. The van der Waals surface area contributed by atoms with Crippen LogP contribution in [-0.2, 0) is 9.59 Å². The van der Waals surface area contributed by atoms with Crippen LogP contribution in [0, 0.1) is 0 Å². The van der Waals surface area contributed by atoms with Crippen LogP contribution in [0.4, 0.5) is 14.5 Å². The molecule has 0 aliphatic carbocycles. The fraction of sp³-hybridized carbons (Fsp3) is 0.294. The first-order valence-electron chi connectivity index (χ1n) is 7.61. The lowest BCUT2D eigenvalue weighted by Gasteiger charge is -2.12. The van der Waals surface area contributed by atoms with E-state index in [2.05, 4.69) is 16.0 Å². The van der Waals surface area contributed by atoms with Gasteiger partial charge in [-0.25, -0.2) is 8.78 Å². The van der Waals surface area contributed by atoms with Crippen molar-refractivity contribution in [3.05, 3.63) is 42.5 Å². The number of hydrogen-bond donors (Lipinski definition) is 3.